The molecule has 10 nitrogen and oxygen atoms in total. The van der Waals surface area contributed by atoms with Gasteiger partial charge in [-0.15, -0.1) is 0 Å². The number of hydrogen-bond donors (Lipinski definition) is 3. The smallest absolute Gasteiger partial charge is 0.355 e. The lowest BCUT2D eigenvalue weighted by Gasteiger charge is -2.28. The van der Waals surface area contributed by atoms with Crippen LogP contribution in [0.25, 0.3) is 32.8 Å². The van der Waals surface area contributed by atoms with E-state index in [0.29, 0.717) is 36.5 Å². The van der Waals surface area contributed by atoms with E-state index in [4.69, 9.17) is 18.9 Å². The van der Waals surface area contributed by atoms with Crippen molar-refractivity contribution < 1.29 is 28.8 Å². The molecule has 6 aromatic rings. The molecule has 2 aromatic heterocycles. The third-order valence-electron chi connectivity index (χ3n) is 8.93. The Morgan fingerprint density at radius 2 is 1.71 bits per heavy atom. The van der Waals surface area contributed by atoms with E-state index in [1.54, 1.807) is 6.92 Å². The summed E-state index contributed by atoms with van der Waals surface area (Å²) in [5.74, 6) is 1.15. The quantitative estimate of drug-likeness (QED) is 0.0913. The number of aromatic nitrogens is 3. The van der Waals surface area contributed by atoms with Crippen molar-refractivity contribution >= 4 is 33.3 Å². The normalized spacial score (nSPS) is 13.2. The van der Waals surface area contributed by atoms with Crippen LogP contribution in [0.3, 0.4) is 0 Å². The van der Waals surface area contributed by atoms with Gasteiger partial charge in [0.15, 0.2) is 0 Å². The number of para-hydroxylation sites is 1. The van der Waals surface area contributed by atoms with Crippen molar-refractivity contribution in [1.82, 2.24) is 15.2 Å². The van der Waals surface area contributed by atoms with Crippen LogP contribution in [0.4, 0.5) is 5.69 Å². The average Bonchev–Trinajstić information content (AvgIpc) is 3.74. The molecule has 0 saturated carbocycles. The van der Waals surface area contributed by atoms with E-state index in [1.807, 2.05) is 54.6 Å². The van der Waals surface area contributed by atoms with Crippen molar-refractivity contribution in [2.24, 2.45) is 0 Å². The molecule has 7 rings (SSSR count). The van der Waals surface area contributed by atoms with E-state index in [2.05, 4.69) is 50.4 Å². The molecule has 4 aromatic carbocycles. The summed E-state index contributed by atoms with van der Waals surface area (Å²) in [4.78, 5) is 18.9. The second-order valence-corrected chi connectivity index (χ2v) is 11.9. The zero-order valence-corrected chi connectivity index (χ0v) is 27.5. The molecule has 1 saturated heterocycles. The summed E-state index contributed by atoms with van der Waals surface area (Å²) in [6, 6.07) is 28.2. The molecule has 0 bridgehead atoms. The SMILES string of the molecule is CCOC(=O)c1[nH]c2c(-c3c(CO)n[nH]c3COc3ccc(N4CCOCC4)cc3)cccc2c1CCCOc1cccc2ccccc12. The van der Waals surface area contributed by atoms with Gasteiger partial charge in [0, 0.05) is 40.7 Å². The molecular weight excluding hydrogens is 620 g/mol. The molecule has 0 spiro atoms. The number of aliphatic hydroxyl groups excluding tert-OH is 1. The summed E-state index contributed by atoms with van der Waals surface area (Å²) in [5.41, 5.74) is 5.93. The highest BCUT2D eigenvalue weighted by Crippen LogP contribution is 2.36. The summed E-state index contributed by atoms with van der Waals surface area (Å²) in [7, 11) is 0. The molecule has 0 aliphatic carbocycles. The van der Waals surface area contributed by atoms with Gasteiger partial charge in [0.2, 0.25) is 0 Å². The van der Waals surface area contributed by atoms with E-state index in [0.717, 1.165) is 81.9 Å². The molecule has 0 atom stereocenters. The van der Waals surface area contributed by atoms with Crippen molar-refractivity contribution in [1.29, 1.82) is 0 Å². The number of benzene rings is 4. The van der Waals surface area contributed by atoms with Crippen molar-refractivity contribution in [3.63, 3.8) is 0 Å². The van der Waals surface area contributed by atoms with Crippen LogP contribution < -0.4 is 14.4 Å². The van der Waals surface area contributed by atoms with Crippen LogP contribution in [0.5, 0.6) is 11.5 Å². The maximum Gasteiger partial charge on any atom is 0.355 e. The summed E-state index contributed by atoms with van der Waals surface area (Å²) in [6.45, 7) is 5.67. The Balaban J connectivity index is 1.14. The molecule has 252 valence electrons. The minimum absolute atomic E-state index is 0.208. The Hall–Kier alpha value is -5.32. The lowest BCUT2D eigenvalue weighted by molar-refractivity contribution is 0.0519. The van der Waals surface area contributed by atoms with Gasteiger partial charge in [-0.3, -0.25) is 5.10 Å². The van der Waals surface area contributed by atoms with Crippen LogP contribution >= 0.6 is 0 Å². The minimum Gasteiger partial charge on any atom is -0.493 e. The Morgan fingerprint density at radius 1 is 0.939 bits per heavy atom. The molecule has 3 N–H and O–H groups in total. The number of carbonyl (C=O) groups excluding carboxylic acids is 1. The molecule has 0 amide bonds. The monoisotopic (exact) mass is 660 g/mol. The van der Waals surface area contributed by atoms with E-state index in [9.17, 15) is 9.90 Å². The summed E-state index contributed by atoms with van der Waals surface area (Å²) in [6.07, 6.45) is 1.28. The number of carbonyl (C=O) groups is 1. The molecule has 1 aliphatic heterocycles. The van der Waals surface area contributed by atoms with Gasteiger partial charge in [-0.1, -0.05) is 54.6 Å². The molecule has 10 heteroatoms. The first-order valence-electron chi connectivity index (χ1n) is 16.8. The lowest BCUT2D eigenvalue weighted by atomic mass is 9.98. The van der Waals surface area contributed by atoms with Gasteiger partial charge < -0.3 is 33.9 Å². The topological polar surface area (TPSA) is 122 Å². The number of rotatable bonds is 13. The first-order valence-corrected chi connectivity index (χ1v) is 16.8. The summed E-state index contributed by atoms with van der Waals surface area (Å²) in [5, 5.41) is 20.9. The molecule has 0 unspecified atom stereocenters. The molecule has 1 fully saturated rings. The maximum atomic E-state index is 13.2. The number of nitrogens with one attached hydrogen (secondary N) is 2. The fraction of sp³-hybridized carbons (Fsp3) is 0.282. The van der Waals surface area contributed by atoms with Crippen molar-refractivity contribution in [2.45, 2.75) is 33.0 Å². The largest absolute Gasteiger partial charge is 0.493 e. The van der Waals surface area contributed by atoms with Gasteiger partial charge in [0.05, 0.1) is 49.9 Å². The molecule has 1 aliphatic rings. The first-order chi connectivity index (χ1) is 24.1. The van der Waals surface area contributed by atoms with Crippen LogP contribution in [0.15, 0.2) is 84.9 Å². The zero-order valence-electron chi connectivity index (χ0n) is 27.5. The maximum absolute atomic E-state index is 13.2. The Kier molecular flexibility index (Phi) is 9.76. The van der Waals surface area contributed by atoms with Crippen LogP contribution in [0, 0.1) is 0 Å². The van der Waals surface area contributed by atoms with Gasteiger partial charge in [-0.05, 0) is 61.0 Å². The fourth-order valence-corrected chi connectivity index (χ4v) is 6.56. The third-order valence-corrected chi connectivity index (χ3v) is 8.93. The number of ether oxygens (including phenoxy) is 4. The van der Waals surface area contributed by atoms with Gasteiger partial charge in [0.25, 0.3) is 0 Å². The number of H-pyrrole nitrogens is 2. The Labute approximate surface area is 284 Å². The lowest BCUT2D eigenvalue weighted by Crippen LogP contribution is -2.36. The summed E-state index contributed by atoms with van der Waals surface area (Å²) < 4.78 is 23.4. The number of morpholine rings is 1. The fourth-order valence-electron chi connectivity index (χ4n) is 6.56. The predicted molar refractivity (Wildman–Crippen MR) is 189 cm³/mol. The van der Waals surface area contributed by atoms with E-state index in [1.165, 1.54) is 0 Å². The third kappa shape index (κ3) is 6.83. The number of fused-ring (bicyclic) bond motifs is 2. The van der Waals surface area contributed by atoms with Crippen LogP contribution in [0.2, 0.25) is 0 Å². The van der Waals surface area contributed by atoms with Crippen LogP contribution in [-0.4, -0.2) is 65.8 Å². The number of anilines is 1. The van der Waals surface area contributed by atoms with Crippen molar-refractivity contribution in [3.8, 4) is 22.6 Å². The van der Waals surface area contributed by atoms with Gasteiger partial charge in [-0.2, -0.15) is 5.10 Å². The second-order valence-electron chi connectivity index (χ2n) is 11.9. The first kappa shape index (κ1) is 32.2. The molecule has 0 radical (unpaired) electrons. The highest BCUT2D eigenvalue weighted by atomic mass is 16.5. The van der Waals surface area contributed by atoms with Gasteiger partial charge in [0.1, 0.15) is 23.8 Å². The number of hydrogen-bond acceptors (Lipinski definition) is 8. The predicted octanol–water partition coefficient (Wildman–Crippen LogP) is 6.81. The zero-order chi connectivity index (χ0) is 33.6. The number of aliphatic hydroxyl groups is 1. The van der Waals surface area contributed by atoms with Crippen molar-refractivity contribution in [2.75, 3.05) is 44.4 Å². The number of aromatic amines is 2. The Bertz CT molecular complexity index is 2040. The second kappa shape index (κ2) is 14.8. The van der Waals surface area contributed by atoms with Crippen LogP contribution in [-0.2, 0) is 29.1 Å². The van der Waals surface area contributed by atoms with Gasteiger partial charge >= 0.3 is 5.97 Å². The highest BCUT2D eigenvalue weighted by Gasteiger charge is 2.24. The number of esters is 1. The highest BCUT2D eigenvalue weighted by molar-refractivity contribution is 6.04. The number of nitrogens with zero attached hydrogens (tertiary/aromatic N) is 2. The van der Waals surface area contributed by atoms with Crippen LogP contribution in [0.1, 0.15) is 40.8 Å². The average molecular weight is 661 g/mol. The van der Waals surface area contributed by atoms with Gasteiger partial charge in [-0.25, -0.2) is 4.79 Å². The minimum atomic E-state index is -0.409. The molecular formula is C39H40N4O6. The molecule has 3 heterocycles. The van der Waals surface area contributed by atoms with Crippen molar-refractivity contribution in [3.05, 3.63) is 108 Å². The molecule has 49 heavy (non-hydrogen) atoms. The number of aryl methyl sites for hydroxylation is 1. The van der Waals surface area contributed by atoms with E-state index in [-0.39, 0.29) is 19.8 Å². The standard InChI is InChI=1S/C39H40N4O6/c1-2-47-39(45)38-31(13-7-21-48-35-14-5-9-26-8-3-4-10-29(26)35)30-11-6-12-32(37(30)40-38)36-33(24-44)41-42-34(36)25-49-28-17-15-27(16-18-28)43-19-22-46-23-20-43/h3-6,8-12,14-18,40,44H,2,7,13,19-25H2,1H3,(H,41,42). The summed E-state index contributed by atoms with van der Waals surface area (Å²) >= 11 is 0. The Morgan fingerprint density at radius 3 is 2.53 bits per heavy atom. The van der Waals surface area contributed by atoms with E-state index < -0.39 is 5.97 Å². The van der Waals surface area contributed by atoms with E-state index >= 15 is 0 Å².